The van der Waals surface area contributed by atoms with Crippen LogP contribution in [-0.2, 0) is 9.59 Å². The smallest absolute Gasteiger partial charge is 0.265 e. The second-order valence-electron chi connectivity index (χ2n) is 8.68. The minimum absolute atomic E-state index is 0.0855. The van der Waals surface area contributed by atoms with Gasteiger partial charge in [0.1, 0.15) is 23.8 Å². The fraction of sp³-hybridized carbons (Fsp3) is 0.214. The number of nitrogens with zero attached hydrogens (tertiary/aromatic N) is 2. The van der Waals surface area contributed by atoms with Crippen LogP contribution in [0.3, 0.4) is 0 Å². The lowest BCUT2D eigenvalue weighted by Crippen LogP contribution is -2.40. The zero-order valence-electron chi connectivity index (χ0n) is 20.6. The van der Waals surface area contributed by atoms with Gasteiger partial charge >= 0.3 is 0 Å². The Hall–Kier alpha value is -4.86. The molecule has 4 amide bonds. The molecule has 0 aliphatic carbocycles. The number of imide groups is 1. The SMILES string of the molecule is COc1ccc(OCCCN2C(=O)COc3ccc(NC(=O)CN4C(=O)c5ccccc5C4=O)cc32)cc1. The van der Waals surface area contributed by atoms with Gasteiger partial charge in [-0.3, -0.25) is 24.1 Å². The Balaban J connectivity index is 1.20. The van der Waals surface area contributed by atoms with Crippen molar-refractivity contribution in [2.45, 2.75) is 6.42 Å². The highest BCUT2D eigenvalue weighted by Crippen LogP contribution is 2.35. The number of carbonyl (C=O) groups excluding carboxylic acids is 4. The van der Waals surface area contributed by atoms with Crippen molar-refractivity contribution < 1.29 is 33.4 Å². The predicted octanol–water partition coefficient (Wildman–Crippen LogP) is 3.12. The lowest BCUT2D eigenvalue weighted by Gasteiger charge is -2.30. The van der Waals surface area contributed by atoms with Crippen LogP contribution in [0.4, 0.5) is 11.4 Å². The number of anilines is 2. The van der Waals surface area contributed by atoms with E-state index in [0.29, 0.717) is 42.4 Å². The van der Waals surface area contributed by atoms with Crippen molar-refractivity contribution >= 4 is 35.0 Å². The van der Waals surface area contributed by atoms with Gasteiger partial charge in [0.05, 0.1) is 30.5 Å². The predicted molar refractivity (Wildman–Crippen MR) is 138 cm³/mol. The van der Waals surface area contributed by atoms with Crippen molar-refractivity contribution in [3.8, 4) is 17.2 Å². The number of fused-ring (bicyclic) bond motifs is 2. The van der Waals surface area contributed by atoms with E-state index < -0.39 is 24.3 Å². The molecular formula is C28H25N3O7. The molecule has 0 aromatic heterocycles. The topological polar surface area (TPSA) is 114 Å². The normalized spacial score (nSPS) is 14.1. The third-order valence-electron chi connectivity index (χ3n) is 6.22. The summed E-state index contributed by atoms with van der Waals surface area (Å²) in [5, 5.41) is 2.71. The Morgan fingerprint density at radius 1 is 0.921 bits per heavy atom. The first-order valence-corrected chi connectivity index (χ1v) is 12.0. The van der Waals surface area contributed by atoms with Crippen LogP contribution >= 0.6 is 0 Å². The number of methoxy groups -OCH3 is 1. The van der Waals surface area contributed by atoms with E-state index in [1.165, 1.54) is 0 Å². The third kappa shape index (κ3) is 5.01. The van der Waals surface area contributed by atoms with Crippen LogP contribution in [0.1, 0.15) is 27.1 Å². The molecule has 10 heteroatoms. The summed E-state index contributed by atoms with van der Waals surface area (Å²) < 4.78 is 16.4. The standard InChI is InChI=1S/C28H25N3O7/c1-36-19-8-10-20(11-9-19)37-14-4-13-30-23-15-18(7-12-24(23)38-17-26(30)33)29-25(32)16-31-27(34)21-5-2-3-6-22(21)28(31)35/h2-3,5-12,15H,4,13-14,16-17H2,1H3,(H,29,32). The number of nitrogens with one attached hydrogen (secondary N) is 1. The number of amides is 4. The molecule has 0 atom stereocenters. The first-order chi connectivity index (χ1) is 18.4. The molecule has 10 nitrogen and oxygen atoms in total. The van der Waals surface area contributed by atoms with Crippen LogP contribution in [0.15, 0.2) is 66.7 Å². The average molecular weight is 516 g/mol. The monoisotopic (exact) mass is 515 g/mol. The number of ether oxygens (including phenoxy) is 3. The Morgan fingerprint density at radius 2 is 1.61 bits per heavy atom. The van der Waals surface area contributed by atoms with Crippen LogP contribution in [0.2, 0.25) is 0 Å². The number of rotatable bonds is 9. The molecule has 194 valence electrons. The third-order valence-corrected chi connectivity index (χ3v) is 6.22. The Morgan fingerprint density at radius 3 is 2.29 bits per heavy atom. The first-order valence-electron chi connectivity index (χ1n) is 12.0. The summed E-state index contributed by atoms with van der Waals surface area (Å²) in [6.07, 6.45) is 0.563. The van der Waals surface area contributed by atoms with Crippen molar-refractivity contribution in [2.24, 2.45) is 0 Å². The molecule has 0 unspecified atom stereocenters. The molecule has 2 aliphatic heterocycles. The summed E-state index contributed by atoms with van der Waals surface area (Å²) in [4.78, 5) is 53.0. The first kappa shape index (κ1) is 24.8. The van der Waals surface area contributed by atoms with Crippen molar-refractivity contribution in [2.75, 3.05) is 43.6 Å². The van der Waals surface area contributed by atoms with E-state index in [1.54, 1.807) is 66.6 Å². The molecule has 0 radical (unpaired) electrons. The molecule has 38 heavy (non-hydrogen) atoms. The molecule has 2 aliphatic rings. The zero-order chi connectivity index (χ0) is 26.6. The van der Waals surface area contributed by atoms with Gasteiger partial charge < -0.3 is 24.4 Å². The summed E-state index contributed by atoms with van der Waals surface area (Å²) >= 11 is 0. The second kappa shape index (κ2) is 10.6. The minimum atomic E-state index is -0.540. The number of benzene rings is 3. The van der Waals surface area contributed by atoms with Gasteiger partial charge in [0.25, 0.3) is 17.7 Å². The fourth-order valence-corrected chi connectivity index (χ4v) is 4.34. The molecule has 3 aromatic rings. The van der Waals surface area contributed by atoms with Crippen molar-refractivity contribution in [1.82, 2.24) is 4.90 Å². The summed E-state index contributed by atoms with van der Waals surface area (Å²) in [5.41, 5.74) is 1.48. The molecular weight excluding hydrogens is 490 g/mol. The summed E-state index contributed by atoms with van der Waals surface area (Å²) in [7, 11) is 1.60. The summed E-state index contributed by atoms with van der Waals surface area (Å²) in [5.74, 6) is 0.181. The van der Waals surface area contributed by atoms with Gasteiger partial charge in [0, 0.05) is 12.2 Å². The Labute approximate surface area is 218 Å². The molecule has 0 bridgehead atoms. The van der Waals surface area contributed by atoms with Gasteiger partial charge in [0.2, 0.25) is 5.91 Å². The van der Waals surface area contributed by atoms with Crippen LogP contribution in [0.5, 0.6) is 17.2 Å². The molecule has 3 aromatic carbocycles. The maximum absolute atomic E-state index is 12.7. The summed E-state index contributed by atoms with van der Waals surface area (Å²) in [6, 6.07) is 18.6. The number of carbonyl (C=O) groups is 4. The Kier molecular flexibility index (Phi) is 6.94. The van der Waals surface area contributed by atoms with Crippen molar-refractivity contribution in [3.05, 3.63) is 77.9 Å². The van der Waals surface area contributed by atoms with Gasteiger partial charge in [-0.05, 0) is 61.0 Å². The van der Waals surface area contributed by atoms with E-state index >= 15 is 0 Å². The van der Waals surface area contributed by atoms with Crippen LogP contribution < -0.4 is 24.4 Å². The molecule has 0 fully saturated rings. The Bertz CT molecular complexity index is 1370. The van der Waals surface area contributed by atoms with Crippen LogP contribution in [-0.4, -0.2) is 61.9 Å². The second-order valence-corrected chi connectivity index (χ2v) is 8.68. The van der Waals surface area contributed by atoms with Crippen molar-refractivity contribution in [1.29, 1.82) is 0 Å². The highest BCUT2D eigenvalue weighted by molar-refractivity contribution is 6.22. The van der Waals surface area contributed by atoms with E-state index in [-0.39, 0.29) is 23.6 Å². The van der Waals surface area contributed by atoms with Crippen molar-refractivity contribution in [3.63, 3.8) is 0 Å². The summed E-state index contributed by atoms with van der Waals surface area (Å²) in [6.45, 7) is 0.268. The van der Waals surface area contributed by atoms with E-state index in [4.69, 9.17) is 14.2 Å². The number of hydrogen-bond acceptors (Lipinski definition) is 7. The molecule has 0 saturated carbocycles. The van der Waals surface area contributed by atoms with E-state index in [0.717, 1.165) is 10.6 Å². The minimum Gasteiger partial charge on any atom is -0.497 e. The largest absolute Gasteiger partial charge is 0.497 e. The number of hydrogen-bond donors (Lipinski definition) is 1. The van der Waals surface area contributed by atoms with Gasteiger partial charge in [0.15, 0.2) is 6.61 Å². The molecule has 5 rings (SSSR count). The highest BCUT2D eigenvalue weighted by Gasteiger charge is 2.36. The molecule has 2 heterocycles. The maximum Gasteiger partial charge on any atom is 0.265 e. The zero-order valence-corrected chi connectivity index (χ0v) is 20.6. The quantitative estimate of drug-likeness (QED) is 0.344. The molecule has 0 saturated heterocycles. The van der Waals surface area contributed by atoms with Crippen LogP contribution in [0, 0.1) is 0 Å². The van der Waals surface area contributed by atoms with Crippen LogP contribution in [0.25, 0.3) is 0 Å². The lowest BCUT2D eigenvalue weighted by molar-refractivity contribution is -0.121. The molecule has 0 spiro atoms. The van der Waals surface area contributed by atoms with E-state index in [1.807, 2.05) is 12.1 Å². The molecule has 1 N–H and O–H groups in total. The fourth-order valence-electron chi connectivity index (χ4n) is 4.34. The van der Waals surface area contributed by atoms with Gasteiger partial charge in [-0.2, -0.15) is 0 Å². The van der Waals surface area contributed by atoms with Gasteiger partial charge in [-0.15, -0.1) is 0 Å². The lowest BCUT2D eigenvalue weighted by atomic mass is 10.1. The maximum atomic E-state index is 12.7. The highest BCUT2D eigenvalue weighted by atomic mass is 16.5. The van der Waals surface area contributed by atoms with E-state index in [2.05, 4.69) is 5.32 Å². The van der Waals surface area contributed by atoms with Gasteiger partial charge in [-0.25, -0.2) is 0 Å². The van der Waals surface area contributed by atoms with E-state index in [9.17, 15) is 19.2 Å². The van der Waals surface area contributed by atoms with Gasteiger partial charge in [-0.1, -0.05) is 12.1 Å². The average Bonchev–Trinajstić information content (AvgIpc) is 3.17.